The molecule has 0 spiro atoms. The predicted octanol–water partition coefficient (Wildman–Crippen LogP) is 3.21. The zero-order valence-electron chi connectivity index (χ0n) is 9.87. The molecule has 0 atom stereocenters. The standard InChI is InChI=1S/C11H10BrF3N4/c1-19-6-17-18-10(19)5-16-9-3-2-7(4-8(9)12)11(13,14)15/h2-4,6,16H,5H2,1H3. The molecule has 0 fully saturated rings. The van der Waals surface area contributed by atoms with Gasteiger partial charge in [-0.1, -0.05) is 0 Å². The highest BCUT2D eigenvalue weighted by Gasteiger charge is 2.30. The normalized spacial score (nSPS) is 11.6. The molecule has 0 unspecified atom stereocenters. The Hall–Kier alpha value is -1.57. The fourth-order valence-corrected chi connectivity index (χ4v) is 2.00. The zero-order valence-corrected chi connectivity index (χ0v) is 11.5. The molecule has 2 aromatic rings. The lowest BCUT2D eigenvalue weighted by atomic mass is 10.2. The summed E-state index contributed by atoms with van der Waals surface area (Å²) in [5.41, 5.74) is -0.125. The van der Waals surface area contributed by atoms with Gasteiger partial charge in [0.15, 0.2) is 5.82 Å². The molecule has 1 heterocycles. The van der Waals surface area contributed by atoms with Crippen LogP contribution in [0.25, 0.3) is 0 Å². The first-order valence-corrected chi connectivity index (χ1v) is 6.10. The second-order valence-electron chi connectivity index (χ2n) is 3.90. The summed E-state index contributed by atoms with van der Waals surface area (Å²) in [5.74, 6) is 0.687. The first kappa shape index (κ1) is 13.9. The van der Waals surface area contributed by atoms with E-state index in [1.165, 1.54) is 6.07 Å². The Bertz CT molecular complexity index is 580. The van der Waals surface area contributed by atoms with Gasteiger partial charge in [-0.2, -0.15) is 13.2 Å². The van der Waals surface area contributed by atoms with E-state index in [9.17, 15) is 13.2 Å². The molecule has 4 nitrogen and oxygen atoms in total. The Morgan fingerprint density at radius 1 is 1.37 bits per heavy atom. The smallest absolute Gasteiger partial charge is 0.377 e. The minimum Gasteiger partial charge on any atom is -0.377 e. The van der Waals surface area contributed by atoms with Gasteiger partial charge in [-0.25, -0.2) is 0 Å². The summed E-state index contributed by atoms with van der Waals surface area (Å²) in [6.45, 7) is 0.375. The van der Waals surface area contributed by atoms with Crippen LogP contribution >= 0.6 is 15.9 Å². The van der Waals surface area contributed by atoms with Gasteiger partial charge in [-0.15, -0.1) is 10.2 Å². The topological polar surface area (TPSA) is 42.7 Å². The van der Waals surface area contributed by atoms with Crippen molar-refractivity contribution in [1.29, 1.82) is 0 Å². The van der Waals surface area contributed by atoms with Crippen LogP contribution in [0, 0.1) is 0 Å². The van der Waals surface area contributed by atoms with E-state index in [4.69, 9.17) is 0 Å². The van der Waals surface area contributed by atoms with Crippen LogP contribution in [0.2, 0.25) is 0 Å². The summed E-state index contributed by atoms with van der Waals surface area (Å²) in [5, 5.41) is 10.6. The quantitative estimate of drug-likeness (QED) is 0.937. The lowest BCUT2D eigenvalue weighted by molar-refractivity contribution is -0.137. The van der Waals surface area contributed by atoms with Gasteiger partial charge in [0, 0.05) is 17.2 Å². The Balaban J connectivity index is 2.12. The molecule has 1 N–H and O–H groups in total. The van der Waals surface area contributed by atoms with Gasteiger partial charge in [0.25, 0.3) is 0 Å². The second-order valence-corrected chi connectivity index (χ2v) is 4.76. The highest BCUT2D eigenvalue weighted by atomic mass is 79.9. The third-order valence-electron chi connectivity index (χ3n) is 2.54. The molecule has 0 aliphatic rings. The summed E-state index contributed by atoms with van der Waals surface area (Å²) in [6, 6.07) is 3.45. The zero-order chi connectivity index (χ0) is 14.0. The van der Waals surface area contributed by atoms with E-state index in [1.54, 1.807) is 17.9 Å². The monoisotopic (exact) mass is 334 g/mol. The Labute approximate surface area is 115 Å². The van der Waals surface area contributed by atoms with Crippen LogP contribution in [-0.4, -0.2) is 14.8 Å². The van der Waals surface area contributed by atoms with Crippen LogP contribution in [0.3, 0.4) is 0 Å². The summed E-state index contributed by atoms with van der Waals surface area (Å²) >= 11 is 3.12. The van der Waals surface area contributed by atoms with Gasteiger partial charge in [0.1, 0.15) is 6.33 Å². The molecular formula is C11H10BrF3N4. The van der Waals surface area contributed by atoms with Crippen molar-refractivity contribution in [2.45, 2.75) is 12.7 Å². The van der Waals surface area contributed by atoms with Gasteiger partial charge in [0.05, 0.1) is 12.1 Å². The van der Waals surface area contributed by atoms with E-state index in [1.807, 2.05) is 0 Å². The fraction of sp³-hybridized carbons (Fsp3) is 0.273. The minimum atomic E-state index is -4.34. The van der Waals surface area contributed by atoms with E-state index in [0.717, 1.165) is 12.1 Å². The summed E-state index contributed by atoms with van der Waals surface area (Å²) < 4.78 is 39.6. The number of halogens is 4. The molecule has 0 saturated carbocycles. The number of alkyl halides is 3. The van der Waals surface area contributed by atoms with E-state index in [-0.39, 0.29) is 0 Å². The molecule has 0 radical (unpaired) electrons. The number of hydrogen-bond acceptors (Lipinski definition) is 3. The predicted molar refractivity (Wildman–Crippen MR) is 67.5 cm³/mol. The third kappa shape index (κ3) is 3.25. The van der Waals surface area contributed by atoms with E-state index >= 15 is 0 Å². The van der Waals surface area contributed by atoms with Crippen molar-refractivity contribution in [3.8, 4) is 0 Å². The van der Waals surface area contributed by atoms with Crippen molar-refractivity contribution in [3.63, 3.8) is 0 Å². The maximum Gasteiger partial charge on any atom is 0.416 e. The summed E-state index contributed by atoms with van der Waals surface area (Å²) in [7, 11) is 1.79. The molecule has 0 bridgehead atoms. The van der Waals surface area contributed by atoms with E-state index in [2.05, 4.69) is 31.4 Å². The maximum atomic E-state index is 12.5. The Kier molecular flexibility index (Phi) is 3.79. The largest absolute Gasteiger partial charge is 0.416 e. The average Bonchev–Trinajstić information content (AvgIpc) is 2.72. The van der Waals surface area contributed by atoms with Gasteiger partial charge in [-0.3, -0.25) is 0 Å². The highest BCUT2D eigenvalue weighted by Crippen LogP contribution is 2.33. The molecule has 1 aromatic carbocycles. The van der Waals surface area contributed by atoms with Crippen LogP contribution < -0.4 is 5.32 Å². The number of nitrogens with zero attached hydrogens (tertiary/aromatic N) is 3. The molecule has 19 heavy (non-hydrogen) atoms. The SMILES string of the molecule is Cn1cnnc1CNc1ccc(C(F)(F)F)cc1Br. The van der Waals surface area contributed by atoms with Crippen molar-refractivity contribution < 1.29 is 13.2 Å². The first-order chi connectivity index (χ1) is 8.88. The number of anilines is 1. The van der Waals surface area contributed by atoms with Crippen LogP contribution in [0.5, 0.6) is 0 Å². The lowest BCUT2D eigenvalue weighted by Gasteiger charge is -2.11. The first-order valence-electron chi connectivity index (χ1n) is 5.31. The molecule has 0 saturated heterocycles. The van der Waals surface area contributed by atoms with Gasteiger partial charge >= 0.3 is 6.18 Å². The third-order valence-corrected chi connectivity index (χ3v) is 3.19. The van der Waals surface area contributed by atoms with Gasteiger partial charge in [-0.05, 0) is 34.1 Å². The number of benzene rings is 1. The maximum absolute atomic E-state index is 12.5. The highest BCUT2D eigenvalue weighted by molar-refractivity contribution is 9.10. The van der Waals surface area contributed by atoms with Gasteiger partial charge < -0.3 is 9.88 Å². The number of rotatable bonds is 3. The van der Waals surface area contributed by atoms with Crippen molar-refractivity contribution in [3.05, 3.63) is 40.4 Å². The fourth-order valence-electron chi connectivity index (χ4n) is 1.48. The molecule has 102 valence electrons. The van der Waals surface area contributed by atoms with Gasteiger partial charge in [0.2, 0.25) is 0 Å². The van der Waals surface area contributed by atoms with E-state index in [0.29, 0.717) is 22.5 Å². The van der Waals surface area contributed by atoms with Crippen LogP contribution in [0.1, 0.15) is 11.4 Å². The molecule has 0 aliphatic carbocycles. The number of aryl methyl sites for hydroxylation is 1. The van der Waals surface area contributed by atoms with Crippen LogP contribution in [0.15, 0.2) is 29.0 Å². The average molecular weight is 335 g/mol. The summed E-state index contributed by atoms with van der Waals surface area (Å²) in [6.07, 6.45) is -2.79. The number of nitrogens with one attached hydrogen (secondary N) is 1. The number of hydrogen-bond donors (Lipinski definition) is 1. The van der Waals surface area contributed by atoms with Crippen molar-refractivity contribution in [2.24, 2.45) is 7.05 Å². The molecule has 2 rings (SSSR count). The van der Waals surface area contributed by atoms with Crippen LogP contribution in [0.4, 0.5) is 18.9 Å². The lowest BCUT2D eigenvalue weighted by Crippen LogP contribution is -2.08. The Morgan fingerprint density at radius 2 is 2.11 bits per heavy atom. The Morgan fingerprint density at radius 3 is 2.63 bits per heavy atom. The van der Waals surface area contributed by atoms with Crippen LogP contribution in [-0.2, 0) is 19.8 Å². The molecular weight excluding hydrogens is 325 g/mol. The molecule has 0 aliphatic heterocycles. The number of aromatic nitrogens is 3. The molecule has 8 heteroatoms. The molecule has 1 aromatic heterocycles. The van der Waals surface area contributed by atoms with Crippen molar-refractivity contribution in [2.75, 3.05) is 5.32 Å². The molecule has 0 amide bonds. The van der Waals surface area contributed by atoms with Crippen molar-refractivity contribution in [1.82, 2.24) is 14.8 Å². The second kappa shape index (κ2) is 5.20. The summed E-state index contributed by atoms with van der Waals surface area (Å²) in [4.78, 5) is 0. The van der Waals surface area contributed by atoms with Crippen molar-refractivity contribution >= 4 is 21.6 Å². The minimum absolute atomic E-state index is 0.351. The van der Waals surface area contributed by atoms with E-state index < -0.39 is 11.7 Å².